The molecule has 8 nitrogen and oxygen atoms in total. The summed E-state index contributed by atoms with van der Waals surface area (Å²) in [6.07, 6.45) is 5.15. The van der Waals surface area contributed by atoms with Gasteiger partial charge in [-0.2, -0.15) is 5.10 Å². The SMILES string of the molecule is Cc1nc2cc(Oc3ccc4ncc(-c5cn[nH]c5)nc4c3Cl)ccc2n1COCC[Si](C)(C)C. The number of aryl methyl sites for hydroxylation is 1. The minimum Gasteiger partial charge on any atom is -0.456 e. The molecule has 0 radical (unpaired) electrons. The molecule has 5 aromatic rings. The maximum Gasteiger partial charge on any atom is 0.148 e. The lowest BCUT2D eigenvalue weighted by molar-refractivity contribution is 0.0885. The van der Waals surface area contributed by atoms with Crippen LogP contribution in [-0.4, -0.2) is 44.4 Å². The number of hydrogen-bond donors (Lipinski definition) is 1. The number of rotatable bonds is 8. The van der Waals surface area contributed by atoms with Gasteiger partial charge in [-0.25, -0.2) is 9.97 Å². The third-order valence-electron chi connectivity index (χ3n) is 5.77. The Morgan fingerprint density at radius 3 is 2.69 bits per heavy atom. The van der Waals surface area contributed by atoms with Crippen molar-refractivity contribution in [1.29, 1.82) is 0 Å². The van der Waals surface area contributed by atoms with Crippen LogP contribution in [0.3, 0.4) is 0 Å². The fraction of sp³-hybridized carbons (Fsp3) is 0.280. The summed E-state index contributed by atoms with van der Waals surface area (Å²) in [7, 11) is -1.12. The molecule has 3 aromatic heterocycles. The monoisotopic (exact) mass is 506 g/mol. The van der Waals surface area contributed by atoms with Gasteiger partial charge in [0.25, 0.3) is 0 Å². The smallest absolute Gasteiger partial charge is 0.148 e. The normalized spacial score (nSPS) is 12.0. The van der Waals surface area contributed by atoms with E-state index in [-0.39, 0.29) is 0 Å². The van der Waals surface area contributed by atoms with Crippen LogP contribution in [0.1, 0.15) is 5.82 Å². The van der Waals surface area contributed by atoms with Crippen molar-refractivity contribution in [2.75, 3.05) is 6.61 Å². The van der Waals surface area contributed by atoms with Crippen molar-refractivity contribution in [2.24, 2.45) is 0 Å². The van der Waals surface area contributed by atoms with E-state index in [1.165, 1.54) is 0 Å². The van der Waals surface area contributed by atoms with Gasteiger partial charge >= 0.3 is 0 Å². The number of benzene rings is 2. The highest BCUT2D eigenvalue weighted by molar-refractivity contribution is 6.76. The summed E-state index contributed by atoms with van der Waals surface area (Å²) < 4.78 is 14.2. The molecule has 0 unspecified atom stereocenters. The van der Waals surface area contributed by atoms with Gasteiger partial charge < -0.3 is 14.0 Å². The number of imidazole rings is 1. The van der Waals surface area contributed by atoms with E-state index in [4.69, 9.17) is 26.1 Å². The van der Waals surface area contributed by atoms with Crippen molar-refractivity contribution in [3.8, 4) is 22.8 Å². The molecule has 35 heavy (non-hydrogen) atoms. The number of aromatic amines is 1. The minimum absolute atomic E-state index is 0.401. The van der Waals surface area contributed by atoms with Gasteiger partial charge in [-0.05, 0) is 37.2 Å². The van der Waals surface area contributed by atoms with Gasteiger partial charge in [0, 0.05) is 32.5 Å². The van der Waals surface area contributed by atoms with E-state index >= 15 is 0 Å². The number of H-pyrrole nitrogens is 1. The zero-order chi connectivity index (χ0) is 24.6. The molecule has 180 valence electrons. The number of nitrogens with one attached hydrogen (secondary N) is 1. The van der Waals surface area contributed by atoms with E-state index in [0.29, 0.717) is 40.0 Å². The van der Waals surface area contributed by atoms with Crippen LogP contribution >= 0.6 is 11.6 Å². The summed E-state index contributed by atoms with van der Waals surface area (Å²) in [4.78, 5) is 13.9. The Labute approximate surface area is 209 Å². The van der Waals surface area contributed by atoms with Crippen molar-refractivity contribution >= 4 is 41.7 Å². The van der Waals surface area contributed by atoms with Gasteiger partial charge in [-0.15, -0.1) is 0 Å². The summed E-state index contributed by atoms with van der Waals surface area (Å²) in [5.41, 5.74) is 4.62. The summed E-state index contributed by atoms with van der Waals surface area (Å²) in [5, 5.41) is 7.16. The number of hydrogen-bond acceptors (Lipinski definition) is 6. The number of aromatic nitrogens is 6. The lowest BCUT2D eigenvalue weighted by atomic mass is 10.2. The van der Waals surface area contributed by atoms with Crippen molar-refractivity contribution in [1.82, 2.24) is 29.7 Å². The lowest BCUT2D eigenvalue weighted by Gasteiger charge is -2.16. The first-order valence-corrected chi connectivity index (χ1v) is 15.5. The maximum absolute atomic E-state index is 6.69. The maximum atomic E-state index is 6.69. The van der Waals surface area contributed by atoms with Gasteiger partial charge in [0.1, 0.15) is 34.6 Å². The molecule has 0 aliphatic rings. The molecular formula is C25H27ClN6O2Si. The zero-order valence-corrected chi connectivity index (χ0v) is 21.9. The van der Waals surface area contributed by atoms with Crippen LogP contribution < -0.4 is 4.74 Å². The topological polar surface area (TPSA) is 90.7 Å². The standard InChI is InChI=1S/C25H27ClN6O2Si/c1-16-30-20-11-18(5-7-22(20)32(16)15-33-9-10-35(2,3)4)34-23-8-6-19-25(24(23)26)31-21(14-27-19)17-12-28-29-13-17/h5-8,11-14H,9-10,15H2,1-4H3,(H,28,29). The fourth-order valence-corrected chi connectivity index (χ4v) is 4.75. The number of halogens is 1. The molecule has 1 N–H and O–H groups in total. The van der Waals surface area contributed by atoms with E-state index in [9.17, 15) is 0 Å². The highest BCUT2D eigenvalue weighted by Gasteiger charge is 2.15. The Kier molecular flexibility index (Phi) is 6.31. The van der Waals surface area contributed by atoms with Crippen molar-refractivity contribution in [3.63, 3.8) is 0 Å². The molecular weight excluding hydrogens is 480 g/mol. The predicted octanol–water partition coefficient (Wildman–Crippen LogP) is 6.44. The molecule has 5 rings (SSSR count). The summed E-state index contributed by atoms with van der Waals surface area (Å²) in [6, 6.07) is 10.6. The van der Waals surface area contributed by atoms with E-state index < -0.39 is 8.07 Å². The molecule has 0 aliphatic heterocycles. The van der Waals surface area contributed by atoms with Gasteiger partial charge in [-0.1, -0.05) is 31.2 Å². The van der Waals surface area contributed by atoms with Crippen LogP contribution in [0, 0.1) is 6.92 Å². The van der Waals surface area contributed by atoms with Gasteiger partial charge in [0.15, 0.2) is 0 Å². The van der Waals surface area contributed by atoms with Crippen LogP contribution in [0.15, 0.2) is 48.9 Å². The van der Waals surface area contributed by atoms with E-state index in [2.05, 4.69) is 44.4 Å². The third-order valence-corrected chi connectivity index (χ3v) is 7.84. The largest absolute Gasteiger partial charge is 0.456 e. The highest BCUT2D eigenvalue weighted by Crippen LogP contribution is 2.35. The molecule has 0 saturated carbocycles. The molecule has 0 aliphatic carbocycles. The molecule has 0 spiro atoms. The minimum atomic E-state index is -1.12. The molecule has 0 amide bonds. The lowest BCUT2D eigenvalue weighted by Crippen LogP contribution is -2.22. The average molecular weight is 507 g/mol. The van der Waals surface area contributed by atoms with Crippen LogP contribution in [0.5, 0.6) is 11.5 Å². The Morgan fingerprint density at radius 2 is 1.91 bits per heavy atom. The molecule has 0 atom stereocenters. The van der Waals surface area contributed by atoms with E-state index in [0.717, 1.165) is 35.1 Å². The van der Waals surface area contributed by atoms with Crippen molar-refractivity contribution in [2.45, 2.75) is 39.3 Å². The Balaban J connectivity index is 1.38. The zero-order valence-electron chi connectivity index (χ0n) is 20.2. The molecule has 2 aromatic carbocycles. The van der Waals surface area contributed by atoms with Gasteiger partial charge in [-0.3, -0.25) is 10.1 Å². The first-order chi connectivity index (χ1) is 16.8. The highest BCUT2D eigenvalue weighted by atomic mass is 35.5. The second-order valence-electron chi connectivity index (χ2n) is 9.68. The molecule has 0 fully saturated rings. The first-order valence-electron chi connectivity index (χ1n) is 11.5. The number of nitrogens with zero attached hydrogens (tertiary/aromatic N) is 5. The number of ether oxygens (including phenoxy) is 2. The molecule has 3 heterocycles. The fourth-order valence-electron chi connectivity index (χ4n) is 3.75. The molecule has 0 bridgehead atoms. The van der Waals surface area contributed by atoms with Crippen LogP contribution in [0.25, 0.3) is 33.3 Å². The molecule has 0 saturated heterocycles. The summed E-state index contributed by atoms with van der Waals surface area (Å²) in [5.74, 6) is 2.04. The van der Waals surface area contributed by atoms with Crippen LogP contribution in [0.4, 0.5) is 0 Å². The Bertz CT molecular complexity index is 1490. The Hall–Kier alpha value is -3.27. The predicted molar refractivity (Wildman–Crippen MR) is 141 cm³/mol. The number of fused-ring (bicyclic) bond motifs is 2. The van der Waals surface area contributed by atoms with E-state index in [1.807, 2.05) is 31.2 Å². The first kappa shape index (κ1) is 23.5. The third kappa shape index (κ3) is 5.07. The van der Waals surface area contributed by atoms with E-state index in [1.54, 1.807) is 24.7 Å². The van der Waals surface area contributed by atoms with Crippen molar-refractivity contribution in [3.05, 3.63) is 59.8 Å². The second kappa shape index (κ2) is 9.41. The van der Waals surface area contributed by atoms with Crippen LogP contribution in [0.2, 0.25) is 30.7 Å². The molecule has 10 heteroatoms. The summed E-state index contributed by atoms with van der Waals surface area (Å²) >= 11 is 6.69. The average Bonchev–Trinajstić information content (AvgIpc) is 3.46. The van der Waals surface area contributed by atoms with Crippen molar-refractivity contribution < 1.29 is 9.47 Å². The summed E-state index contributed by atoms with van der Waals surface area (Å²) in [6.45, 7) is 10.3. The quantitative estimate of drug-likeness (QED) is 0.192. The second-order valence-corrected chi connectivity index (χ2v) is 15.7. The Morgan fingerprint density at radius 1 is 1.06 bits per heavy atom. The van der Waals surface area contributed by atoms with Crippen LogP contribution in [-0.2, 0) is 11.5 Å². The van der Waals surface area contributed by atoms with Gasteiger partial charge in [0.2, 0.25) is 0 Å². The van der Waals surface area contributed by atoms with Gasteiger partial charge in [0.05, 0.1) is 34.6 Å².